The van der Waals surface area contributed by atoms with Crippen molar-refractivity contribution in [2.75, 3.05) is 0 Å². The summed E-state index contributed by atoms with van der Waals surface area (Å²) in [6, 6.07) is 6.02. The molecule has 1 unspecified atom stereocenters. The van der Waals surface area contributed by atoms with Gasteiger partial charge in [0, 0.05) is 16.1 Å². The van der Waals surface area contributed by atoms with E-state index in [0.29, 0.717) is 11.1 Å². The van der Waals surface area contributed by atoms with Crippen molar-refractivity contribution in [3.05, 3.63) is 45.5 Å². The fourth-order valence-electron chi connectivity index (χ4n) is 1.98. The minimum absolute atomic E-state index is 0.337. The third-order valence-corrected chi connectivity index (χ3v) is 3.57. The SMILES string of the molecule is NC1CC=C(Cc2ccc(Cl)cc2Cl)CC1. The fourth-order valence-corrected chi connectivity index (χ4v) is 2.45. The van der Waals surface area contributed by atoms with Crippen molar-refractivity contribution in [2.45, 2.75) is 31.7 Å². The van der Waals surface area contributed by atoms with Gasteiger partial charge in [-0.2, -0.15) is 0 Å². The Kier molecular flexibility index (Phi) is 3.91. The van der Waals surface area contributed by atoms with Gasteiger partial charge in [0.15, 0.2) is 0 Å². The highest BCUT2D eigenvalue weighted by atomic mass is 35.5. The highest BCUT2D eigenvalue weighted by molar-refractivity contribution is 6.35. The Hall–Kier alpha value is -0.500. The number of hydrogen-bond donors (Lipinski definition) is 1. The van der Waals surface area contributed by atoms with Crippen LogP contribution in [0.4, 0.5) is 0 Å². The van der Waals surface area contributed by atoms with Crippen molar-refractivity contribution >= 4 is 23.2 Å². The van der Waals surface area contributed by atoms with Gasteiger partial charge in [0.05, 0.1) is 0 Å². The van der Waals surface area contributed by atoms with Crippen molar-refractivity contribution in [2.24, 2.45) is 5.73 Å². The number of halogens is 2. The van der Waals surface area contributed by atoms with Crippen LogP contribution in [0, 0.1) is 0 Å². The smallest absolute Gasteiger partial charge is 0.0456 e. The van der Waals surface area contributed by atoms with E-state index in [-0.39, 0.29) is 0 Å². The van der Waals surface area contributed by atoms with Crippen LogP contribution >= 0.6 is 23.2 Å². The summed E-state index contributed by atoms with van der Waals surface area (Å²) >= 11 is 12.0. The van der Waals surface area contributed by atoms with E-state index in [1.54, 1.807) is 6.07 Å². The van der Waals surface area contributed by atoms with Gasteiger partial charge in [-0.3, -0.25) is 0 Å². The molecule has 0 saturated carbocycles. The van der Waals surface area contributed by atoms with Crippen LogP contribution in [-0.4, -0.2) is 6.04 Å². The largest absolute Gasteiger partial charge is 0.327 e. The van der Waals surface area contributed by atoms with Gasteiger partial charge >= 0.3 is 0 Å². The van der Waals surface area contributed by atoms with E-state index in [4.69, 9.17) is 28.9 Å². The normalized spacial score (nSPS) is 20.7. The molecule has 3 heteroatoms. The maximum atomic E-state index is 6.14. The van der Waals surface area contributed by atoms with E-state index in [2.05, 4.69) is 6.08 Å². The van der Waals surface area contributed by atoms with Crippen LogP contribution in [0.25, 0.3) is 0 Å². The number of hydrogen-bond acceptors (Lipinski definition) is 1. The van der Waals surface area contributed by atoms with Gasteiger partial charge in [-0.25, -0.2) is 0 Å². The molecule has 1 aliphatic carbocycles. The van der Waals surface area contributed by atoms with Crippen LogP contribution in [0.3, 0.4) is 0 Å². The van der Waals surface area contributed by atoms with Crippen LogP contribution in [0.15, 0.2) is 29.8 Å². The first kappa shape index (κ1) is 12.0. The first-order valence-electron chi connectivity index (χ1n) is 5.52. The predicted molar refractivity (Wildman–Crippen MR) is 70.1 cm³/mol. The second-order valence-electron chi connectivity index (χ2n) is 4.31. The highest BCUT2D eigenvalue weighted by Gasteiger charge is 2.11. The Balaban J connectivity index is 2.09. The molecule has 0 aromatic heterocycles. The number of rotatable bonds is 2. The summed E-state index contributed by atoms with van der Waals surface area (Å²) in [5.41, 5.74) is 8.43. The standard InChI is InChI=1S/C13H15Cl2N/c14-11-4-3-10(13(15)8-11)7-9-1-5-12(16)6-2-9/h1,3-4,8,12H,2,5-7,16H2. The van der Waals surface area contributed by atoms with Crippen molar-refractivity contribution < 1.29 is 0 Å². The van der Waals surface area contributed by atoms with E-state index in [9.17, 15) is 0 Å². The molecule has 1 aliphatic rings. The maximum absolute atomic E-state index is 6.14. The first-order valence-corrected chi connectivity index (χ1v) is 6.28. The summed E-state index contributed by atoms with van der Waals surface area (Å²) in [7, 11) is 0. The average Bonchev–Trinajstić information content (AvgIpc) is 2.25. The summed E-state index contributed by atoms with van der Waals surface area (Å²) in [6.45, 7) is 0. The molecule has 1 aromatic rings. The Morgan fingerprint density at radius 1 is 1.31 bits per heavy atom. The number of allylic oxidation sites excluding steroid dienone is 1. The molecule has 0 fully saturated rings. The molecular weight excluding hydrogens is 241 g/mol. The highest BCUT2D eigenvalue weighted by Crippen LogP contribution is 2.26. The van der Waals surface area contributed by atoms with Crippen LogP contribution in [0.5, 0.6) is 0 Å². The van der Waals surface area contributed by atoms with Gasteiger partial charge in [0.25, 0.3) is 0 Å². The van der Waals surface area contributed by atoms with E-state index in [0.717, 1.165) is 36.3 Å². The summed E-state index contributed by atoms with van der Waals surface area (Å²) < 4.78 is 0. The van der Waals surface area contributed by atoms with Gasteiger partial charge in [-0.15, -0.1) is 0 Å². The zero-order valence-corrected chi connectivity index (χ0v) is 10.6. The molecular formula is C13H15Cl2N. The zero-order valence-electron chi connectivity index (χ0n) is 9.05. The Labute approximate surface area is 106 Å². The molecule has 0 amide bonds. The van der Waals surface area contributed by atoms with Crippen molar-refractivity contribution in [1.82, 2.24) is 0 Å². The second kappa shape index (κ2) is 5.22. The van der Waals surface area contributed by atoms with Crippen LogP contribution in [0.2, 0.25) is 10.0 Å². The van der Waals surface area contributed by atoms with Gasteiger partial charge in [-0.1, -0.05) is 40.9 Å². The minimum Gasteiger partial charge on any atom is -0.327 e. The molecule has 2 N–H and O–H groups in total. The lowest BCUT2D eigenvalue weighted by atomic mass is 9.92. The van der Waals surface area contributed by atoms with Gasteiger partial charge < -0.3 is 5.73 Å². The Morgan fingerprint density at radius 2 is 2.12 bits per heavy atom. The lowest BCUT2D eigenvalue weighted by Gasteiger charge is -2.18. The van der Waals surface area contributed by atoms with Gasteiger partial charge in [-0.05, 0) is 43.4 Å². The van der Waals surface area contributed by atoms with Crippen molar-refractivity contribution in [3.8, 4) is 0 Å². The quantitative estimate of drug-likeness (QED) is 0.796. The summed E-state index contributed by atoms with van der Waals surface area (Å²) in [6.07, 6.45) is 6.32. The van der Waals surface area contributed by atoms with Crippen molar-refractivity contribution in [3.63, 3.8) is 0 Å². The fraction of sp³-hybridized carbons (Fsp3) is 0.385. The predicted octanol–water partition coefficient (Wildman–Crippen LogP) is 3.97. The lowest BCUT2D eigenvalue weighted by Crippen LogP contribution is -2.22. The molecule has 0 bridgehead atoms. The number of nitrogens with two attached hydrogens (primary N) is 1. The monoisotopic (exact) mass is 255 g/mol. The van der Waals surface area contributed by atoms with Crippen LogP contribution in [0.1, 0.15) is 24.8 Å². The lowest BCUT2D eigenvalue weighted by molar-refractivity contribution is 0.583. The zero-order chi connectivity index (χ0) is 11.5. The minimum atomic E-state index is 0.337. The van der Waals surface area contributed by atoms with Gasteiger partial charge in [0.2, 0.25) is 0 Å². The third-order valence-electron chi connectivity index (χ3n) is 2.98. The average molecular weight is 256 g/mol. The molecule has 86 valence electrons. The van der Waals surface area contributed by atoms with E-state index < -0.39 is 0 Å². The molecule has 1 nitrogen and oxygen atoms in total. The Morgan fingerprint density at radius 3 is 2.75 bits per heavy atom. The summed E-state index contributed by atoms with van der Waals surface area (Å²) in [5, 5.41) is 1.44. The van der Waals surface area contributed by atoms with Gasteiger partial charge in [0.1, 0.15) is 0 Å². The molecule has 2 rings (SSSR count). The molecule has 0 aliphatic heterocycles. The molecule has 0 radical (unpaired) electrons. The topological polar surface area (TPSA) is 26.0 Å². The molecule has 1 atom stereocenters. The molecule has 0 saturated heterocycles. The summed E-state index contributed by atoms with van der Waals surface area (Å²) in [5.74, 6) is 0. The van der Waals surface area contributed by atoms with E-state index in [1.807, 2.05) is 12.1 Å². The number of benzene rings is 1. The second-order valence-corrected chi connectivity index (χ2v) is 5.15. The van der Waals surface area contributed by atoms with Crippen molar-refractivity contribution in [1.29, 1.82) is 0 Å². The third kappa shape index (κ3) is 3.00. The van der Waals surface area contributed by atoms with Crippen LogP contribution in [-0.2, 0) is 6.42 Å². The van der Waals surface area contributed by atoms with Crippen LogP contribution < -0.4 is 5.73 Å². The maximum Gasteiger partial charge on any atom is 0.0456 e. The van der Waals surface area contributed by atoms with E-state index >= 15 is 0 Å². The molecule has 1 aromatic carbocycles. The van der Waals surface area contributed by atoms with E-state index in [1.165, 1.54) is 5.57 Å². The summed E-state index contributed by atoms with van der Waals surface area (Å²) in [4.78, 5) is 0. The molecule has 0 heterocycles. The Bertz CT molecular complexity index is 412. The first-order chi connectivity index (χ1) is 7.65. The molecule has 0 spiro atoms. The molecule has 16 heavy (non-hydrogen) atoms.